The summed E-state index contributed by atoms with van der Waals surface area (Å²) in [6.07, 6.45) is 4.84. The van der Waals surface area contributed by atoms with Gasteiger partial charge in [0.05, 0.1) is 0 Å². The molecule has 16 heavy (non-hydrogen) atoms. The van der Waals surface area contributed by atoms with Crippen LogP contribution < -0.4 is 5.73 Å². The standard InChI is InChI=1S/C15H23N/c1-12(2)15(16)10-8-14(9-11-15)13-6-4-3-5-7-13/h3-7,12,14H,8-11,16H2,1-2H3. The van der Waals surface area contributed by atoms with Crippen LogP contribution in [-0.2, 0) is 0 Å². The first-order valence-corrected chi connectivity index (χ1v) is 6.46. The minimum Gasteiger partial charge on any atom is -0.325 e. The van der Waals surface area contributed by atoms with Gasteiger partial charge in [0, 0.05) is 5.54 Å². The normalized spacial score (nSPS) is 30.6. The first-order valence-electron chi connectivity index (χ1n) is 6.46. The molecule has 0 radical (unpaired) electrons. The molecule has 0 saturated heterocycles. The Morgan fingerprint density at radius 3 is 2.19 bits per heavy atom. The van der Waals surface area contributed by atoms with E-state index in [0.29, 0.717) is 5.92 Å². The third-order valence-corrected chi connectivity index (χ3v) is 4.34. The lowest BCUT2D eigenvalue weighted by molar-refractivity contribution is 0.206. The first kappa shape index (κ1) is 11.7. The van der Waals surface area contributed by atoms with E-state index in [1.807, 2.05) is 0 Å². The van der Waals surface area contributed by atoms with Gasteiger partial charge >= 0.3 is 0 Å². The zero-order chi connectivity index (χ0) is 11.6. The maximum atomic E-state index is 6.44. The van der Waals surface area contributed by atoms with Crippen molar-refractivity contribution in [3.8, 4) is 0 Å². The van der Waals surface area contributed by atoms with Crippen molar-refractivity contribution in [3.05, 3.63) is 35.9 Å². The lowest BCUT2D eigenvalue weighted by Crippen LogP contribution is -2.47. The molecule has 1 fully saturated rings. The monoisotopic (exact) mass is 217 g/mol. The molecule has 2 N–H and O–H groups in total. The van der Waals surface area contributed by atoms with Gasteiger partial charge in [0.25, 0.3) is 0 Å². The molecule has 2 rings (SSSR count). The van der Waals surface area contributed by atoms with Gasteiger partial charge in [-0.15, -0.1) is 0 Å². The van der Waals surface area contributed by atoms with Crippen LogP contribution in [-0.4, -0.2) is 5.54 Å². The van der Waals surface area contributed by atoms with Crippen LogP contribution in [0.1, 0.15) is 51.0 Å². The molecule has 1 heteroatoms. The second-order valence-corrected chi connectivity index (χ2v) is 5.57. The molecule has 0 amide bonds. The number of hydrogen-bond donors (Lipinski definition) is 1. The number of nitrogens with two attached hydrogens (primary N) is 1. The highest BCUT2D eigenvalue weighted by molar-refractivity contribution is 5.20. The van der Waals surface area contributed by atoms with Crippen molar-refractivity contribution in [1.29, 1.82) is 0 Å². The Kier molecular flexibility index (Phi) is 3.34. The summed E-state index contributed by atoms with van der Waals surface area (Å²) < 4.78 is 0. The molecular formula is C15H23N. The Morgan fingerprint density at radius 2 is 1.69 bits per heavy atom. The van der Waals surface area contributed by atoms with Crippen LogP contribution >= 0.6 is 0 Å². The first-order chi connectivity index (χ1) is 7.62. The fourth-order valence-corrected chi connectivity index (χ4v) is 2.79. The van der Waals surface area contributed by atoms with Gasteiger partial charge < -0.3 is 5.73 Å². The van der Waals surface area contributed by atoms with Gasteiger partial charge in [-0.05, 0) is 43.1 Å². The smallest absolute Gasteiger partial charge is 0.0178 e. The maximum absolute atomic E-state index is 6.44. The predicted molar refractivity (Wildman–Crippen MR) is 69.4 cm³/mol. The van der Waals surface area contributed by atoms with Crippen LogP contribution in [0.25, 0.3) is 0 Å². The SMILES string of the molecule is CC(C)C1(N)CCC(c2ccccc2)CC1. The summed E-state index contributed by atoms with van der Waals surface area (Å²) in [7, 11) is 0. The van der Waals surface area contributed by atoms with Crippen LogP contribution in [0.2, 0.25) is 0 Å². The molecule has 0 aliphatic heterocycles. The van der Waals surface area contributed by atoms with Gasteiger partial charge in [-0.1, -0.05) is 44.2 Å². The van der Waals surface area contributed by atoms with E-state index < -0.39 is 0 Å². The van der Waals surface area contributed by atoms with E-state index in [4.69, 9.17) is 5.73 Å². The summed E-state index contributed by atoms with van der Waals surface area (Å²) in [5, 5.41) is 0. The van der Waals surface area contributed by atoms with Gasteiger partial charge in [0.2, 0.25) is 0 Å². The molecule has 0 atom stereocenters. The van der Waals surface area contributed by atoms with Crippen molar-refractivity contribution in [2.75, 3.05) is 0 Å². The quantitative estimate of drug-likeness (QED) is 0.803. The third kappa shape index (κ3) is 2.30. The van der Waals surface area contributed by atoms with Crippen LogP contribution in [0.3, 0.4) is 0 Å². The predicted octanol–water partition coefficient (Wildman–Crippen LogP) is 3.70. The zero-order valence-corrected chi connectivity index (χ0v) is 10.4. The summed E-state index contributed by atoms with van der Waals surface area (Å²) in [5.41, 5.74) is 8.02. The van der Waals surface area contributed by atoms with Gasteiger partial charge in [-0.2, -0.15) is 0 Å². The average Bonchev–Trinajstić information content (AvgIpc) is 2.31. The van der Waals surface area contributed by atoms with E-state index in [-0.39, 0.29) is 5.54 Å². The summed E-state index contributed by atoms with van der Waals surface area (Å²) in [5.74, 6) is 1.33. The van der Waals surface area contributed by atoms with Crippen molar-refractivity contribution < 1.29 is 0 Å². The molecule has 0 aromatic heterocycles. The van der Waals surface area contributed by atoms with Gasteiger partial charge in [0.15, 0.2) is 0 Å². The molecule has 1 aliphatic carbocycles. The highest BCUT2D eigenvalue weighted by atomic mass is 14.8. The summed E-state index contributed by atoms with van der Waals surface area (Å²) in [4.78, 5) is 0. The minimum absolute atomic E-state index is 0.0886. The zero-order valence-electron chi connectivity index (χ0n) is 10.4. The molecule has 1 aromatic carbocycles. The molecular weight excluding hydrogens is 194 g/mol. The maximum Gasteiger partial charge on any atom is 0.0178 e. The molecule has 1 saturated carbocycles. The summed E-state index contributed by atoms with van der Waals surface area (Å²) in [6.45, 7) is 4.51. The molecule has 88 valence electrons. The van der Waals surface area contributed by atoms with Gasteiger partial charge in [-0.3, -0.25) is 0 Å². The van der Waals surface area contributed by atoms with E-state index in [2.05, 4.69) is 44.2 Å². The lowest BCUT2D eigenvalue weighted by Gasteiger charge is -2.40. The second-order valence-electron chi connectivity index (χ2n) is 5.57. The Morgan fingerprint density at radius 1 is 1.12 bits per heavy atom. The van der Waals surface area contributed by atoms with E-state index in [1.165, 1.54) is 31.2 Å². The van der Waals surface area contributed by atoms with Crippen LogP contribution in [0.4, 0.5) is 0 Å². The average molecular weight is 217 g/mol. The Hall–Kier alpha value is -0.820. The highest BCUT2D eigenvalue weighted by Gasteiger charge is 2.34. The Balaban J connectivity index is 2.01. The van der Waals surface area contributed by atoms with E-state index in [1.54, 1.807) is 0 Å². The summed E-state index contributed by atoms with van der Waals surface area (Å²) in [6, 6.07) is 10.9. The summed E-state index contributed by atoms with van der Waals surface area (Å²) >= 11 is 0. The van der Waals surface area contributed by atoms with Crippen LogP contribution in [0.5, 0.6) is 0 Å². The second kappa shape index (κ2) is 4.58. The largest absolute Gasteiger partial charge is 0.325 e. The molecule has 1 aliphatic rings. The van der Waals surface area contributed by atoms with Crippen LogP contribution in [0.15, 0.2) is 30.3 Å². The fraction of sp³-hybridized carbons (Fsp3) is 0.600. The molecule has 0 spiro atoms. The van der Waals surface area contributed by atoms with Crippen molar-refractivity contribution in [3.63, 3.8) is 0 Å². The Labute approximate surface area is 99.0 Å². The number of benzene rings is 1. The van der Waals surface area contributed by atoms with E-state index in [9.17, 15) is 0 Å². The molecule has 0 bridgehead atoms. The number of rotatable bonds is 2. The van der Waals surface area contributed by atoms with E-state index in [0.717, 1.165) is 5.92 Å². The molecule has 1 aromatic rings. The van der Waals surface area contributed by atoms with Crippen LogP contribution in [0, 0.1) is 5.92 Å². The van der Waals surface area contributed by atoms with Gasteiger partial charge in [0.1, 0.15) is 0 Å². The highest BCUT2D eigenvalue weighted by Crippen LogP contribution is 2.39. The molecule has 1 nitrogen and oxygen atoms in total. The molecule has 0 unspecified atom stereocenters. The Bertz CT molecular complexity index is 321. The molecule has 0 heterocycles. The van der Waals surface area contributed by atoms with Crippen molar-refractivity contribution in [2.24, 2.45) is 11.7 Å². The fourth-order valence-electron chi connectivity index (χ4n) is 2.79. The minimum atomic E-state index is 0.0886. The van der Waals surface area contributed by atoms with Crippen molar-refractivity contribution in [2.45, 2.75) is 51.0 Å². The van der Waals surface area contributed by atoms with Gasteiger partial charge in [-0.25, -0.2) is 0 Å². The third-order valence-electron chi connectivity index (χ3n) is 4.34. The lowest BCUT2D eigenvalue weighted by atomic mass is 9.70. The van der Waals surface area contributed by atoms with Crippen molar-refractivity contribution in [1.82, 2.24) is 0 Å². The van der Waals surface area contributed by atoms with E-state index >= 15 is 0 Å². The van der Waals surface area contributed by atoms with Crippen molar-refractivity contribution >= 4 is 0 Å². The topological polar surface area (TPSA) is 26.0 Å². The number of hydrogen-bond acceptors (Lipinski definition) is 1.